The van der Waals surface area contributed by atoms with E-state index in [0.29, 0.717) is 13.0 Å². The zero-order chi connectivity index (χ0) is 16.7. The highest BCUT2D eigenvalue weighted by Crippen LogP contribution is 2.43. The number of piperidine rings is 1. The second-order valence-electron chi connectivity index (χ2n) is 7.52. The van der Waals surface area contributed by atoms with Crippen LogP contribution in [-0.2, 0) is 17.6 Å². The summed E-state index contributed by atoms with van der Waals surface area (Å²) >= 11 is 1.51. The summed E-state index contributed by atoms with van der Waals surface area (Å²) in [5, 5.41) is 15.1. The van der Waals surface area contributed by atoms with Crippen molar-refractivity contribution in [1.29, 1.82) is 0 Å². The van der Waals surface area contributed by atoms with Gasteiger partial charge in [-0.25, -0.2) is 4.79 Å². The number of aryl methyl sites for hydroxylation is 1. The number of carboxylic acid groups (broad SMARTS) is 1. The van der Waals surface area contributed by atoms with Gasteiger partial charge in [0.1, 0.15) is 6.04 Å². The molecular formula is C18H24N2O3S. The highest BCUT2D eigenvalue weighted by Gasteiger charge is 2.49. The van der Waals surface area contributed by atoms with Gasteiger partial charge in [0.05, 0.1) is 4.88 Å². The van der Waals surface area contributed by atoms with Crippen LogP contribution in [0, 0.1) is 5.41 Å². The van der Waals surface area contributed by atoms with Gasteiger partial charge in [-0.2, -0.15) is 0 Å². The number of hydrogen-bond donors (Lipinski definition) is 2. The van der Waals surface area contributed by atoms with Crippen molar-refractivity contribution in [3.8, 4) is 0 Å². The maximum atomic E-state index is 13.2. The number of carbonyl (C=O) groups is 2. The third kappa shape index (κ3) is 2.65. The number of hydrogen-bond acceptors (Lipinski definition) is 4. The minimum absolute atomic E-state index is 0.0126. The van der Waals surface area contributed by atoms with Crippen molar-refractivity contribution in [3.05, 3.63) is 21.4 Å². The van der Waals surface area contributed by atoms with Crippen LogP contribution in [0.1, 0.15) is 52.9 Å². The fourth-order valence-electron chi connectivity index (χ4n) is 4.64. The summed E-state index contributed by atoms with van der Waals surface area (Å²) in [4.78, 5) is 27.4. The molecule has 0 radical (unpaired) electrons. The van der Waals surface area contributed by atoms with Gasteiger partial charge in [-0.3, -0.25) is 4.79 Å². The lowest BCUT2D eigenvalue weighted by atomic mass is 9.77. The molecule has 4 rings (SSSR count). The van der Waals surface area contributed by atoms with Gasteiger partial charge < -0.3 is 15.3 Å². The van der Waals surface area contributed by atoms with Crippen LogP contribution in [0.3, 0.4) is 0 Å². The van der Waals surface area contributed by atoms with Gasteiger partial charge in [0, 0.05) is 6.54 Å². The molecule has 3 heterocycles. The molecule has 2 N–H and O–H groups in total. The van der Waals surface area contributed by atoms with Gasteiger partial charge in [0.2, 0.25) is 0 Å². The topological polar surface area (TPSA) is 69.6 Å². The first-order valence-electron chi connectivity index (χ1n) is 8.93. The van der Waals surface area contributed by atoms with E-state index >= 15 is 0 Å². The second-order valence-corrected chi connectivity index (χ2v) is 8.40. The lowest BCUT2D eigenvalue weighted by Crippen LogP contribution is -2.42. The molecule has 0 aromatic carbocycles. The lowest BCUT2D eigenvalue weighted by Gasteiger charge is -2.33. The summed E-state index contributed by atoms with van der Waals surface area (Å²) < 4.78 is 0. The van der Waals surface area contributed by atoms with Crippen LogP contribution >= 0.6 is 11.3 Å². The first-order valence-corrected chi connectivity index (χ1v) is 9.81. The van der Waals surface area contributed by atoms with Crippen LogP contribution in [-0.4, -0.2) is 47.6 Å². The van der Waals surface area contributed by atoms with Gasteiger partial charge >= 0.3 is 5.97 Å². The van der Waals surface area contributed by atoms with Crippen molar-refractivity contribution < 1.29 is 14.7 Å². The first-order chi connectivity index (χ1) is 11.6. The predicted octanol–water partition coefficient (Wildman–Crippen LogP) is 2.30. The number of carboxylic acids is 1. The van der Waals surface area contributed by atoms with Crippen LogP contribution in [0.25, 0.3) is 0 Å². The maximum absolute atomic E-state index is 13.2. The van der Waals surface area contributed by atoms with Crippen LogP contribution in [0.5, 0.6) is 0 Å². The molecule has 130 valence electrons. The van der Waals surface area contributed by atoms with E-state index < -0.39 is 12.0 Å². The molecule has 1 aromatic heterocycles. The third-order valence-electron chi connectivity index (χ3n) is 6.02. The summed E-state index contributed by atoms with van der Waals surface area (Å²) in [5.41, 5.74) is 2.48. The SMILES string of the molecule is O=C(O)[C@H]1CC2(CCNCC2)CN1C(=O)c1scc2c1CCCC2. The summed E-state index contributed by atoms with van der Waals surface area (Å²) in [6.45, 7) is 2.43. The number of nitrogens with one attached hydrogen (secondary N) is 1. The Bertz CT molecular complexity index is 663. The summed E-state index contributed by atoms with van der Waals surface area (Å²) in [5.74, 6) is -0.907. The summed E-state index contributed by atoms with van der Waals surface area (Å²) in [6.07, 6.45) is 6.85. The van der Waals surface area contributed by atoms with Gasteiger partial charge in [-0.1, -0.05) is 0 Å². The summed E-state index contributed by atoms with van der Waals surface area (Å²) in [6, 6.07) is -0.669. The van der Waals surface area contributed by atoms with Gasteiger partial charge in [0.25, 0.3) is 5.91 Å². The van der Waals surface area contributed by atoms with E-state index in [1.165, 1.54) is 28.9 Å². The van der Waals surface area contributed by atoms with E-state index in [2.05, 4.69) is 10.7 Å². The van der Waals surface area contributed by atoms with Crippen molar-refractivity contribution in [2.24, 2.45) is 5.41 Å². The Morgan fingerprint density at radius 3 is 2.75 bits per heavy atom. The number of aliphatic carboxylic acids is 1. The normalized spacial score (nSPS) is 25.7. The zero-order valence-corrected chi connectivity index (χ0v) is 14.7. The quantitative estimate of drug-likeness (QED) is 0.860. The van der Waals surface area contributed by atoms with Gasteiger partial charge in [0.15, 0.2) is 0 Å². The average Bonchev–Trinajstić information content (AvgIpc) is 3.17. The molecule has 1 aliphatic carbocycles. The molecule has 2 fully saturated rings. The molecule has 1 aromatic rings. The van der Waals surface area contributed by atoms with Gasteiger partial charge in [-0.05, 0) is 80.0 Å². The van der Waals surface area contributed by atoms with E-state index in [0.717, 1.165) is 50.1 Å². The molecule has 1 spiro atoms. The molecule has 2 aliphatic heterocycles. The monoisotopic (exact) mass is 348 g/mol. The Hall–Kier alpha value is -1.40. The summed E-state index contributed by atoms with van der Waals surface area (Å²) in [7, 11) is 0. The number of nitrogens with zero attached hydrogens (tertiary/aromatic N) is 1. The van der Waals surface area contributed by atoms with E-state index in [-0.39, 0.29) is 11.3 Å². The van der Waals surface area contributed by atoms with E-state index in [4.69, 9.17) is 0 Å². The van der Waals surface area contributed by atoms with Crippen molar-refractivity contribution in [2.75, 3.05) is 19.6 Å². The zero-order valence-electron chi connectivity index (χ0n) is 13.8. The molecule has 2 saturated heterocycles. The minimum atomic E-state index is -0.857. The predicted molar refractivity (Wildman–Crippen MR) is 92.6 cm³/mol. The van der Waals surface area contributed by atoms with E-state index in [1.807, 2.05) is 0 Å². The highest BCUT2D eigenvalue weighted by atomic mass is 32.1. The third-order valence-corrected chi connectivity index (χ3v) is 7.08. The Morgan fingerprint density at radius 2 is 2.00 bits per heavy atom. The molecule has 6 heteroatoms. The second kappa shape index (κ2) is 6.15. The Balaban J connectivity index is 1.62. The number of fused-ring (bicyclic) bond motifs is 1. The molecule has 0 unspecified atom stereocenters. The lowest BCUT2D eigenvalue weighted by molar-refractivity contribution is -0.141. The Kier molecular flexibility index (Phi) is 4.12. The minimum Gasteiger partial charge on any atom is -0.480 e. The molecule has 1 amide bonds. The number of likely N-dealkylation sites (tertiary alicyclic amines) is 1. The Morgan fingerprint density at radius 1 is 1.25 bits per heavy atom. The fraction of sp³-hybridized carbons (Fsp3) is 0.667. The van der Waals surface area contributed by atoms with E-state index in [9.17, 15) is 14.7 Å². The fourth-order valence-corrected chi connectivity index (χ4v) is 5.75. The molecule has 3 aliphatic rings. The van der Waals surface area contributed by atoms with Crippen molar-refractivity contribution in [1.82, 2.24) is 10.2 Å². The van der Waals surface area contributed by atoms with Crippen molar-refractivity contribution in [3.63, 3.8) is 0 Å². The van der Waals surface area contributed by atoms with Crippen LogP contribution < -0.4 is 5.32 Å². The number of rotatable bonds is 2. The van der Waals surface area contributed by atoms with Crippen LogP contribution in [0.15, 0.2) is 5.38 Å². The highest BCUT2D eigenvalue weighted by molar-refractivity contribution is 7.12. The van der Waals surface area contributed by atoms with Gasteiger partial charge in [-0.15, -0.1) is 11.3 Å². The first kappa shape index (κ1) is 16.1. The van der Waals surface area contributed by atoms with Crippen molar-refractivity contribution >= 4 is 23.2 Å². The van der Waals surface area contributed by atoms with E-state index in [1.54, 1.807) is 4.90 Å². The molecule has 1 atom stereocenters. The van der Waals surface area contributed by atoms with Crippen LogP contribution in [0.4, 0.5) is 0 Å². The molecule has 24 heavy (non-hydrogen) atoms. The molecule has 0 saturated carbocycles. The molecular weight excluding hydrogens is 324 g/mol. The van der Waals surface area contributed by atoms with Crippen molar-refractivity contribution in [2.45, 2.75) is 51.0 Å². The standard InChI is InChI=1S/C18H24N2O3S/c21-16(15-13-4-2-1-3-12(13)10-24-15)20-11-18(5-7-19-8-6-18)9-14(20)17(22)23/h10,14,19H,1-9,11H2,(H,22,23)/t14-/m1/s1. The number of amides is 1. The smallest absolute Gasteiger partial charge is 0.326 e. The number of thiophene rings is 1. The Labute approximate surface area is 146 Å². The molecule has 5 nitrogen and oxygen atoms in total. The molecule has 0 bridgehead atoms. The number of carbonyl (C=O) groups excluding carboxylic acids is 1. The largest absolute Gasteiger partial charge is 0.480 e. The average molecular weight is 348 g/mol. The maximum Gasteiger partial charge on any atom is 0.326 e. The van der Waals surface area contributed by atoms with Crippen LogP contribution in [0.2, 0.25) is 0 Å².